The van der Waals surface area contributed by atoms with E-state index in [1.54, 1.807) is 11.8 Å². The third-order valence-corrected chi connectivity index (χ3v) is 8.29. The summed E-state index contributed by atoms with van der Waals surface area (Å²) in [6, 6.07) is 28.3. The van der Waals surface area contributed by atoms with Gasteiger partial charge < -0.3 is 9.40 Å². The van der Waals surface area contributed by atoms with Gasteiger partial charge in [-0.25, -0.2) is 4.79 Å². The zero-order valence-corrected chi connectivity index (χ0v) is 24.6. The van der Waals surface area contributed by atoms with Crippen LogP contribution in [0.15, 0.2) is 95.0 Å². The van der Waals surface area contributed by atoms with Crippen LogP contribution in [0.5, 0.6) is 0 Å². The van der Waals surface area contributed by atoms with E-state index >= 15 is 0 Å². The molecule has 0 bridgehead atoms. The van der Waals surface area contributed by atoms with E-state index in [2.05, 4.69) is 60.3 Å². The average molecular weight is 560 g/mol. The number of thioether (sulfide) groups is 1. The predicted molar refractivity (Wildman–Crippen MR) is 171 cm³/mol. The zero-order valence-electron chi connectivity index (χ0n) is 23.8. The minimum atomic E-state index is -0.454. The van der Waals surface area contributed by atoms with Crippen molar-refractivity contribution in [1.29, 1.82) is 0 Å². The van der Waals surface area contributed by atoms with Crippen LogP contribution < -0.4 is 5.46 Å². The number of ketones is 1. The Balaban J connectivity index is 1.51. The second-order valence-corrected chi connectivity index (χ2v) is 11.1. The van der Waals surface area contributed by atoms with Crippen LogP contribution >= 0.6 is 11.8 Å². The highest BCUT2D eigenvalue weighted by molar-refractivity contribution is 7.99. The van der Waals surface area contributed by atoms with Crippen molar-refractivity contribution in [3.63, 3.8) is 0 Å². The molecule has 0 amide bonds. The average Bonchev–Trinajstić information content (AvgIpc) is 3.31. The fraction of sp³-hybridized carbons (Fsp3) is 0.206. The molecule has 5 rings (SSSR count). The quantitative estimate of drug-likeness (QED) is 0.0454. The van der Waals surface area contributed by atoms with Gasteiger partial charge in [-0.05, 0) is 61.9 Å². The first-order valence-corrected chi connectivity index (χ1v) is 14.8. The molecular weight excluding hydrogens is 527 g/mol. The molecule has 0 atom stereocenters. The first kappa shape index (κ1) is 28.4. The summed E-state index contributed by atoms with van der Waals surface area (Å²) in [4.78, 5) is 31.4. The number of carbonyl (C=O) groups excluding carboxylic acids is 2. The number of rotatable bonds is 10. The number of carbonyl (C=O) groups is 2. The van der Waals surface area contributed by atoms with Crippen molar-refractivity contribution in [2.75, 3.05) is 5.75 Å². The van der Waals surface area contributed by atoms with Crippen molar-refractivity contribution in [3.8, 4) is 0 Å². The molecule has 1 radical (unpaired) electrons. The Kier molecular flexibility index (Phi) is 8.74. The number of oxime groups is 1. The van der Waals surface area contributed by atoms with Gasteiger partial charge in [-0.2, -0.15) is 0 Å². The molecule has 5 aromatic rings. The first-order chi connectivity index (χ1) is 19.9. The third-order valence-electron chi connectivity index (χ3n) is 7.27. The van der Waals surface area contributed by atoms with Gasteiger partial charge in [-0.1, -0.05) is 59.9 Å². The lowest BCUT2D eigenvalue weighted by molar-refractivity contribution is -0.140. The standard InChI is InChI=1S/C34H32BN2O3S/c1-5-37-32-16-10-24(31(36-40-23(3)38)18-19-41-27-14-12-26(35-4)13-15-27)20-29(32)30-21-25(11-17-33(30)37)34(39)28-9-7-6-8-22(28)2/h6-17,20-21H,5,18-19H2,1-4H3/b36-31+. The number of benzene rings is 4. The van der Waals surface area contributed by atoms with Gasteiger partial charge in [0, 0.05) is 69.0 Å². The molecule has 0 spiro atoms. The Hall–Kier alpha value is -4.10. The van der Waals surface area contributed by atoms with Crippen molar-refractivity contribution in [2.45, 2.75) is 45.5 Å². The fourth-order valence-electron chi connectivity index (χ4n) is 5.13. The van der Waals surface area contributed by atoms with Gasteiger partial charge in [0.15, 0.2) is 5.78 Å². The Morgan fingerprint density at radius 2 is 1.56 bits per heavy atom. The predicted octanol–water partition coefficient (Wildman–Crippen LogP) is 7.18. The normalized spacial score (nSPS) is 11.7. The van der Waals surface area contributed by atoms with Crippen LogP contribution in [0.3, 0.4) is 0 Å². The van der Waals surface area contributed by atoms with Crippen LogP contribution in [0.25, 0.3) is 21.8 Å². The lowest BCUT2D eigenvalue weighted by atomic mass is 9.74. The van der Waals surface area contributed by atoms with E-state index in [1.165, 1.54) is 17.3 Å². The SMILES string of the molecule is C[B]c1ccc(SCC/C(=N\OC(C)=O)c2ccc3c(c2)c2cc(C(=O)c4ccccc4C)ccc2n3CC)cc1. The lowest BCUT2D eigenvalue weighted by Crippen LogP contribution is -2.08. The van der Waals surface area contributed by atoms with Crippen molar-refractivity contribution < 1.29 is 14.4 Å². The van der Waals surface area contributed by atoms with Gasteiger partial charge in [0.05, 0.1) is 5.71 Å². The highest BCUT2D eigenvalue weighted by Crippen LogP contribution is 2.32. The monoisotopic (exact) mass is 559 g/mol. The molecule has 0 N–H and O–H groups in total. The van der Waals surface area contributed by atoms with Gasteiger partial charge in [0.1, 0.15) is 7.28 Å². The molecule has 4 aromatic carbocycles. The second-order valence-electron chi connectivity index (χ2n) is 9.93. The van der Waals surface area contributed by atoms with Crippen LogP contribution in [0.1, 0.15) is 47.3 Å². The Morgan fingerprint density at radius 3 is 2.20 bits per heavy atom. The van der Waals surface area contributed by atoms with Gasteiger partial charge in [0.25, 0.3) is 0 Å². The molecule has 0 fully saturated rings. The molecule has 5 nitrogen and oxygen atoms in total. The van der Waals surface area contributed by atoms with Crippen molar-refractivity contribution in [2.24, 2.45) is 5.16 Å². The van der Waals surface area contributed by atoms with Crippen molar-refractivity contribution in [3.05, 3.63) is 107 Å². The largest absolute Gasteiger partial charge is 0.341 e. The van der Waals surface area contributed by atoms with E-state index in [1.807, 2.05) is 62.3 Å². The summed E-state index contributed by atoms with van der Waals surface area (Å²) < 4.78 is 2.26. The summed E-state index contributed by atoms with van der Waals surface area (Å²) in [6.07, 6.45) is 0.620. The van der Waals surface area contributed by atoms with Crippen LogP contribution in [0.2, 0.25) is 6.82 Å². The van der Waals surface area contributed by atoms with Gasteiger partial charge in [-0.15, -0.1) is 11.8 Å². The second kappa shape index (κ2) is 12.6. The minimum absolute atomic E-state index is 0.0116. The Bertz CT molecular complexity index is 1770. The first-order valence-electron chi connectivity index (χ1n) is 13.8. The van der Waals surface area contributed by atoms with Gasteiger partial charge >= 0.3 is 5.97 Å². The number of aryl methyl sites for hydroxylation is 2. The van der Waals surface area contributed by atoms with E-state index < -0.39 is 5.97 Å². The molecule has 7 heteroatoms. The van der Waals surface area contributed by atoms with E-state index in [9.17, 15) is 9.59 Å². The van der Waals surface area contributed by atoms with E-state index in [-0.39, 0.29) is 5.78 Å². The maximum atomic E-state index is 13.4. The summed E-state index contributed by atoms with van der Waals surface area (Å²) in [6.45, 7) is 8.26. The molecule has 0 aliphatic heterocycles. The molecule has 1 heterocycles. The summed E-state index contributed by atoms with van der Waals surface area (Å²) >= 11 is 1.74. The van der Waals surface area contributed by atoms with Crippen LogP contribution in [-0.2, 0) is 16.2 Å². The van der Waals surface area contributed by atoms with Crippen LogP contribution in [0, 0.1) is 6.92 Å². The number of hydrogen-bond donors (Lipinski definition) is 0. The topological polar surface area (TPSA) is 60.7 Å². The third kappa shape index (κ3) is 6.15. The van der Waals surface area contributed by atoms with Gasteiger partial charge in [0.2, 0.25) is 0 Å². The zero-order chi connectivity index (χ0) is 28.9. The van der Waals surface area contributed by atoms with E-state index in [0.29, 0.717) is 23.3 Å². The Labute approximate surface area is 245 Å². The highest BCUT2D eigenvalue weighted by atomic mass is 32.2. The maximum Gasteiger partial charge on any atom is 0.331 e. The number of hydrogen-bond acceptors (Lipinski definition) is 5. The number of aromatic nitrogens is 1. The lowest BCUT2D eigenvalue weighted by Gasteiger charge is -2.08. The summed E-state index contributed by atoms with van der Waals surface area (Å²) in [5, 5.41) is 6.30. The molecule has 41 heavy (non-hydrogen) atoms. The summed E-state index contributed by atoms with van der Waals surface area (Å²) in [5.74, 6) is 0.334. The van der Waals surface area contributed by atoms with Crippen LogP contribution in [-0.4, -0.2) is 35.1 Å². The highest BCUT2D eigenvalue weighted by Gasteiger charge is 2.17. The van der Waals surface area contributed by atoms with E-state index in [0.717, 1.165) is 45.2 Å². The molecule has 0 saturated carbocycles. The molecule has 1 aromatic heterocycles. The Morgan fingerprint density at radius 1 is 0.902 bits per heavy atom. The summed E-state index contributed by atoms with van der Waals surface area (Å²) in [7, 11) is 2.07. The molecule has 0 saturated heterocycles. The van der Waals surface area contributed by atoms with Crippen molar-refractivity contribution >= 4 is 63.8 Å². The van der Waals surface area contributed by atoms with E-state index in [4.69, 9.17) is 4.84 Å². The fourth-order valence-corrected chi connectivity index (χ4v) is 5.99. The number of nitrogens with zero attached hydrogens (tertiary/aromatic N) is 2. The van der Waals surface area contributed by atoms with Crippen LogP contribution in [0.4, 0.5) is 0 Å². The maximum absolute atomic E-state index is 13.4. The smallest absolute Gasteiger partial charge is 0.331 e. The molecular formula is C34H32BN2O3S. The van der Waals surface area contributed by atoms with Gasteiger partial charge in [-0.3, -0.25) is 4.79 Å². The minimum Gasteiger partial charge on any atom is -0.341 e. The molecule has 205 valence electrons. The molecule has 0 aliphatic rings. The van der Waals surface area contributed by atoms with Crippen molar-refractivity contribution in [1.82, 2.24) is 4.57 Å². The molecule has 0 unspecified atom stereocenters. The molecule has 0 aliphatic carbocycles. The summed E-state index contributed by atoms with van der Waals surface area (Å²) in [5.41, 5.74) is 7.27. The number of fused-ring (bicyclic) bond motifs is 3.